The Labute approximate surface area is 111 Å². The fraction of sp³-hybridized carbons (Fsp3) is 0.250. The molecule has 2 rings (SSSR count). The minimum absolute atomic E-state index is 0.0532. The van der Waals surface area contributed by atoms with Gasteiger partial charge in [0.2, 0.25) is 0 Å². The maximum Gasteiger partial charge on any atom is 0.390 e. The van der Waals surface area contributed by atoms with Crippen LogP contribution in [0.5, 0.6) is 0 Å². The molecule has 20 heavy (non-hydrogen) atoms. The third kappa shape index (κ3) is 3.34. The van der Waals surface area contributed by atoms with Gasteiger partial charge in [0.05, 0.1) is 17.5 Å². The Kier molecular flexibility index (Phi) is 3.73. The van der Waals surface area contributed by atoms with Crippen LogP contribution in [0.15, 0.2) is 24.5 Å². The van der Waals surface area contributed by atoms with Crippen LogP contribution in [0.25, 0.3) is 10.9 Å². The summed E-state index contributed by atoms with van der Waals surface area (Å²) in [5.74, 6) is -0.853. The number of hydrogen-bond donors (Lipinski definition) is 2. The summed E-state index contributed by atoms with van der Waals surface area (Å²) in [6.07, 6.45) is -4.05. The van der Waals surface area contributed by atoms with Crippen molar-refractivity contribution >= 4 is 22.7 Å². The number of nitrogens with zero attached hydrogens (tertiary/aromatic N) is 2. The maximum absolute atomic E-state index is 12.1. The zero-order chi connectivity index (χ0) is 14.8. The van der Waals surface area contributed by atoms with Crippen molar-refractivity contribution in [3.8, 4) is 0 Å². The molecule has 8 heteroatoms. The first-order valence-electron chi connectivity index (χ1n) is 5.65. The van der Waals surface area contributed by atoms with Crippen LogP contribution in [0.3, 0.4) is 0 Å². The van der Waals surface area contributed by atoms with Gasteiger partial charge < -0.3 is 10.4 Å². The highest BCUT2D eigenvalue weighted by Crippen LogP contribution is 2.22. The molecule has 0 spiro atoms. The van der Waals surface area contributed by atoms with Crippen LogP contribution in [-0.2, 0) is 0 Å². The smallest absolute Gasteiger partial charge is 0.390 e. The van der Waals surface area contributed by atoms with E-state index in [2.05, 4.69) is 15.3 Å². The first kappa shape index (κ1) is 14.0. The molecule has 2 N–H and O–H groups in total. The summed E-state index contributed by atoms with van der Waals surface area (Å²) in [6, 6.07) is 4.16. The highest BCUT2D eigenvalue weighted by molar-refractivity contribution is 5.96. The molecule has 0 unspecified atom stereocenters. The number of halogens is 3. The summed E-state index contributed by atoms with van der Waals surface area (Å²) in [4.78, 5) is 18.6. The molecular formula is C12H10F3N3O2. The van der Waals surface area contributed by atoms with Crippen LogP contribution < -0.4 is 5.32 Å². The lowest BCUT2D eigenvalue weighted by atomic mass is 10.1. The first-order chi connectivity index (χ1) is 9.37. The van der Waals surface area contributed by atoms with E-state index < -0.39 is 18.6 Å². The number of anilines is 1. The lowest BCUT2D eigenvalue weighted by Gasteiger charge is -2.10. The summed E-state index contributed by atoms with van der Waals surface area (Å²) >= 11 is 0. The van der Waals surface area contributed by atoms with Gasteiger partial charge in [-0.2, -0.15) is 13.2 Å². The lowest BCUT2D eigenvalue weighted by Crippen LogP contribution is -2.15. The summed E-state index contributed by atoms with van der Waals surface area (Å²) in [5, 5.41) is 11.9. The van der Waals surface area contributed by atoms with Gasteiger partial charge in [0, 0.05) is 11.9 Å². The maximum atomic E-state index is 12.1. The van der Waals surface area contributed by atoms with Gasteiger partial charge in [0.15, 0.2) is 0 Å². The minimum atomic E-state index is -4.24. The Morgan fingerprint density at radius 3 is 2.70 bits per heavy atom. The van der Waals surface area contributed by atoms with Gasteiger partial charge in [-0.1, -0.05) is 0 Å². The molecule has 5 nitrogen and oxygen atoms in total. The lowest BCUT2D eigenvalue weighted by molar-refractivity contribution is -0.131. The molecule has 0 saturated carbocycles. The van der Waals surface area contributed by atoms with Gasteiger partial charge >= 0.3 is 12.1 Å². The van der Waals surface area contributed by atoms with Crippen molar-refractivity contribution in [2.45, 2.75) is 12.6 Å². The largest absolute Gasteiger partial charge is 0.478 e. The summed E-state index contributed by atoms with van der Waals surface area (Å²) in [6.45, 7) is -0.309. The van der Waals surface area contributed by atoms with Gasteiger partial charge in [0.1, 0.15) is 12.1 Å². The molecule has 0 aliphatic heterocycles. The number of carboxylic acids is 1. The summed E-state index contributed by atoms with van der Waals surface area (Å²) in [7, 11) is 0. The van der Waals surface area contributed by atoms with Crippen LogP contribution in [-0.4, -0.2) is 33.8 Å². The standard InChI is InChI=1S/C12H10F3N3O2/c13-12(14,15)3-4-16-10-8-2-1-7(11(19)20)5-9(8)17-6-18-10/h1-2,5-6H,3-4H2,(H,19,20)(H,16,17,18). The van der Waals surface area contributed by atoms with Crippen molar-refractivity contribution in [1.82, 2.24) is 9.97 Å². The van der Waals surface area contributed by atoms with E-state index in [1.54, 1.807) is 0 Å². The fourth-order valence-corrected chi connectivity index (χ4v) is 1.65. The quantitative estimate of drug-likeness (QED) is 0.903. The van der Waals surface area contributed by atoms with Gasteiger partial charge in [-0.05, 0) is 18.2 Å². The van der Waals surface area contributed by atoms with Gasteiger partial charge in [-0.15, -0.1) is 0 Å². The molecule has 1 heterocycles. The number of carbonyl (C=O) groups is 1. The minimum Gasteiger partial charge on any atom is -0.478 e. The van der Waals surface area contributed by atoms with E-state index in [0.29, 0.717) is 10.9 Å². The van der Waals surface area contributed by atoms with Crippen LogP contribution in [0.2, 0.25) is 0 Å². The number of fused-ring (bicyclic) bond motifs is 1. The molecule has 0 amide bonds. The number of aromatic nitrogens is 2. The Morgan fingerprint density at radius 2 is 2.05 bits per heavy atom. The molecule has 1 aromatic heterocycles. The van der Waals surface area contributed by atoms with E-state index in [1.165, 1.54) is 24.5 Å². The Balaban J connectivity index is 2.24. The number of benzene rings is 1. The second-order valence-electron chi connectivity index (χ2n) is 4.05. The molecule has 1 aromatic carbocycles. The SMILES string of the molecule is O=C(O)c1ccc2c(NCCC(F)(F)F)ncnc2c1. The number of rotatable bonds is 4. The zero-order valence-corrected chi connectivity index (χ0v) is 10.1. The van der Waals surface area contributed by atoms with Crippen molar-refractivity contribution in [3.63, 3.8) is 0 Å². The molecule has 106 valence electrons. The number of carboxylic acid groups (broad SMARTS) is 1. The van der Waals surface area contributed by atoms with Crippen molar-refractivity contribution in [2.24, 2.45) is 0 Å². The van der Waals surface area contributed by atoms with E-state index >= 15 is 0 Å². The normalized spacial score (nSPS) is 11.6. The molecule has 0 atom stereocenters. The highest BCUT2D eigenvalue weighted by atomic mass is 19.4. The van der Waals surface area contributed by atoms with Gasteiger partial charge in [-0.25, -0.2) is 14.8 Å². The Hall–Kier alpha value is -2.38. The van der Waals surface area contributed by atoms with Gasteiger partial charge in [-0.3, -0.25) is 0 Å². The van der Waals surface area contributed by atoms with Crippen LogP contribution in [0.4, 0.5) is 19.0 Å². The highest BCUT2D eigenvalue weighted by Gasteiger charge is 2.26. The second-order valence-corrected chi connectivity index (χ2v) is 4.05. The van der Waals surface area contributed by atoms with Crippen molar-refractivity contribution in [2.75, 3.05) is 11.9 Å². The van der Waals surface area contributed by atoms with Crippen molar-refractivity contribution in [3.05, 3.63) is 30.1 Å². The fourth-order valence-electron chi connectivity index (χ4n) is 1.65. The number of hydrogen-bond acceptors (Lipinski definition) is 4. The van der Waals surface area contributed by atoms with E-state index in [9.17, 15) is 18.0 Å². The number of alkyl halides is 3. The predicted molar refractivity (Wildman–Crippen MR) is 65.7 cm³/mol. The first-order valence-corrected chi connectivity index (χ1v) is 5.65. The number of nitrogens with one attached hydrogen (secondary N) is 1. The summed E-state index contributed by atoms with van der Waals surface area (Å²) in [5.41, 5.74) is 0.409. The molecular weight excluding hydrogens is 275 g/mol. The molecule has 0 aliphatic rings. The molecule has 0 radical (unpaired) electrons. The third-order valence-electron chi connectivity index (χ3n) is 2.58. The van der Waals surface area contributed by atoms with E-state index in [-0.39, 0.29) is 17.9 Å². The van der Waals surface area contributed by atoms with Crippen molar-refractivity contribution < 1.29 is 23.1 Å². The molecule has 0 fully saturated rings. The molecule has 0 aliphatic carbocycles. The third-order valence-corrected chi connectivity index (χ3v) is 2.58. The zero-order valence-electron chi connectivity index (χ0n) is 10.1. The predicted octanol–water partition coefficient (Wildman–Crippen LogP) is 2.69. The molecule has 2 aromatic rings. The summed E-state index contributed by atoms with van der Waals surface area (Å²) < 4.78 is 36.2. The Bertz CT molecular complexity index is 643. The molecule has 0 bridgehead atoms. The Morgan fingerprint density at radius 1 is 1.30 bits per heavy atom. The monoisotopic (exact) mass is 285 g/mol. The van der Waals surface area contributed by atoms with Crippen molar-refractivity contribution in [1.29, 1.82) is 0 Å². The van der Waals surface area contributed by atoms with Crippen LogP contribution in [0.1, 0.15) is 16.8 Å². The topological polar surface area (TPSA) is 75.1 Å². The van der Waals surface area contributed by atoms with E-state index in [1.807, 2.05) is 0 Å². The number of aromatic carboxylic acids is 1. The van der Waals surface area contributed by atoms with E-state index in [4.69, 9.17) is 5.11 Å². The van der Waals surface area contributed by atoms with Crippen LogP contribution >= 0.6 is 0 Å². The molecule has 0 saturated heterocycles. The average Bonchev–Trinajstić information content (AvgIpc) is 2.36. The average molecular weight is 285 g/mol. The van der Waals surface area contributed by atoms with E-state index in [0.717, 1.165) is 0 Å². The van der Waals surface area contributed by atoms with Crippen LogP contribution in [0, 0.1) is 0 Å². The van der Waals surface area contributed by atoms with Gasteiger partial charge in [0.25, 0.3) is 0 Å². The second kappa shape index (κ2) is 5.32.